The lowest BCUT2D eigenvalue weighted by atomic mass is 10.1. The maximum absolute atomic E-state index is 10.6. The van der Waals surface area contributed by atoms with Crippen molar-refractivity contribution >= 4 is 29.7 Å². The van der Waals surface area contributed by atoms with Crippen molar-refractivity contribution in [2.75, 3.05) is 26.2 Å². The molecule has 0 amide bonds. The number of benzene rings is 1. The number of hydrogen-bond donors (Lipinski definition) is 1. The Kier molecular flexibility index (Phi) is 6.64. The molecular formula is C12H17Cl2N3O3. The van der Waals surface area contributed by atoms with Crippen LogP contribution in [0.5, 0.6) is 0 Å². The first-order valence-corrected chi connectivity index (χ1v) is 6.45. The van der Waals surface area contributed by atoms with Crippen LogP contribution in [0, 0.1) is 10.1 Å². The molecule has 8 heteroatoms. The van der Waals surface area contributed by atoms with Gasteiger partial charge in [-0.2, -0.15) is 0 Å². The molecule has 6 nitrogen and oxygen atoms in total. The Morgan fingerprint density at radius 2 is 2.30 bits per heavy atom. The summed E-state index contributed by atoms with van der Waals surface area (Å²) in [5.74, 6) is 0. The van der Waals surface area contributed by atoms with E-state index >= 15 is 0 Å². The Bertz CT molecular complexity index is 473. The van der Waals surface area contributed by atoms with Crippen LogP contribution in [-0.2, 0) is 11.3 Å². The highest BCUT2D eigenvalue weighted by atomic mass is 35.5. The van der Waals surface area contributed by atoms with Gasteiger partial charge in [-0.1, -0.05) is 11.6 Å². The number of halogens is 2. The first kappa shape index (κ1) is 17.1. The zero-order valence-corrected chi connectivity index (χ0v) is 12.4. The fraction of sp³-hybridized carbons (Fsp3) is 0.500. The summed E-state index contributed by atoms with van der Waals surface area (Å²) < 4.78 is 5.49. The predicted octanol–water partition coefficient (Wildman–Crippen LogP) is 1.83. The average molecular weight is 322 g/mol. The lowest BCUT2D eigenvalue weighted by Crippen LogP contribution is -2.45. The van der Waals surface area contributed by atoms with E-state index in [1.807, 2.05) is 0 Å². The zero-order valence-electron chi connectivity index (χ0n) is 10.8. The predicted molar refractivity (Wildman–Crippen MR) is 79.4 cm³/mol. The highest BCUT2D eigenvalue weighted by Crippen LogP contribution is 2.24. The average Bonchev–Trinajstić information content (AvgIpc) is 2.41. The van der Waals surface area contributed by atoms with Crippen LogP contribution in [0.1, 0.15) is 5.56 Å². The first-order chi connectivity index (χ1) is 9.10. The molecule has 1 unspecified atom stereocenters. The van der Waals surface area contributed by atoms with Gasteiger partial charge in [-0.05, 0) is 11.6 Å². The molecule has 2 N–H and O–H groups in total. The molecule has 1 fully saturated rings. The van der Waals surface area contributed by atoms with E-state index in [0.717, 1.165) is 18.7 Å². The van der Waals surface area contributed by atoms with E-state index in [1.54, 1.807) is 6.07 Å². The van der Waals surface area contributed by atoms with Crippen molar-refractivity contribution in [1.82, 2.24) is 4.90 Å². The van der Waals surface area contributed by atoms with Crippen molar-refractivity contribution in [3.8, 4) is 0 Å². The van der Waals surface area contributed by atoms with Crippen molar-refractivity contribution in [2.45, 2.75) is 12.6 Å². The minimum Gasteiger partial charge on any atom is -0.374 e. The van der Waals surface area contributed by atoms with Crippen molar-refractivity contribution in [2.24, 2.45) is 5.73 Å². The number of ether oxygens (including phenoxy) is 1. The lowest BCUT2D eigenvalue weighted by Gasteiger charge is -2.32. The van der Waals surface area contributed by atoms with Gasteiger partial charge >= 0.3 is 0 Å². The standard InChI is InChI=1S/C12H16ClN3O3.ClH/c13-12-5-10(16(17)18)2-1-9(12)7-15-3-4-19-11(6-14)8-15;/h1-2,5,11H,3-4,6-8,14H2;1H. The third kappa shape index (κ3) is 4.29. The largest absolute Gasteiger partial charge is 0.374 e. The topological polar surface area (TPSA) is 81.6 Å². The number of hydrogen-bond acceptors (Lipinski definition) is 5. The van der Waals surface area contributed by atoms with E-state index in [1.165, 1.54) is 12.1 Å². The number of non-ortho nitro benzene ring substituents is 1. The second-order valence-corrected chi connectivity index (χ2v) is 4.90. The van der Waals surface area contributed by atoms with Gasteiger partial charge in [0.25, 0.3) is 5.69 Å². The van der Waals surface area contributed by atoms with Crippen LogP contribution < -0.4 is 5.73 Å². The van der Waals surface area contributed by atoms with Gasteiger partial charge in [-0.15, -0.1) is 12.4 Å². The van der Waals surface area contributed by atoms with E-state index in [9.17, 15) is 10.1 Å². The Balaban J connectivity index is 0.00000200. The first-order valence-electron chi connectivity index (χ1n) is 6.07. The summed E-state index contributed by atoms with van der Waals surface area (Å²) in [7, 11) is 0. The molecule has 1 aromatic rings. The molecule has 0 spiro atoms. The molecule has 1 aliphatic rings. The molecule has 112 valence electrons. The maximum atomic E-state index is 10.6. The molecule has 0 radical (unpaired) electrons. The maximum Gasteiger partial charge on any atom is 0.270 e. The van der Waals surface area contributed by atoms with Gasteiger partial charge in [-0.3, -0.25) is 15.0 Å². The molecule has 1 aromatic carbocycles. The van der Waals surface area contributed by atoms with E-state index in [-0.39, 0.29) is 24.2 Å². The molecule has 1 atom stereocenters. The SMILES string of the molecule is Cl.NCC1CN(Cc2ccc([N+](=O)[O-])cc2Cl)CCO1. The number of morpholine rings is 1. The Labute approximate surface area is 128 Å². The lowest BCUT2D eigenvalue weighted by molar-refractivity contribution is -0.384. The summed E-state index contributed by atoms with van der Waals surface area (Å²) in [6, 6.07) is 4.56. The van der Waals surface area contributed by atoms with Crippen molar-refractivity contribution < 1.29 is 9.66 Å². The van der Waals surface area contributed by atoms with Gasteiger partial charge in [0, 0.05) is 38.3 Å². The minimum absolute atomic E-state index is 0. The van der Waals surface area contributed by atoms with Gasteiger partial charge < -0.3 is 10.5 Å². The van der Waals surface area contributed by atoms with Gasteiger partial charge in [0.2, 0.25) is 0 Å². The number of nitrogens with two attached hydrogens (primary N) is 1. The quantitative estimate of drug-likeness (QED) is 0.675. The van der Waals surface area contributed by atoms with Crippen LogP contribution >= 0.6 is 24.0 Å². The molecule has 0 saturated carbocycles. The number of nitro benzene ring substituents is 1. The Morgan fingerprint density at radius 1 is 1.55 bits per heavy atom. The molecule has 2 rings (SSSR count). The normalized spacial score (nSPS) is 19.4. The summed E-state index contributed by atoms with van der Waals surface area (Å²) in [6.07, 6.45) is 0.0468. The monoisotopic (exact) mass is 321 g/mol. The van der Waals surface area contributed by atoms with Gasteiger partial charge in [-0.25, -0.2) is 0 Å². The van der Waals surface area contributed by atoms with Crippen LogP contribution in [0.3, 0.4) is 0 Å². The summed E-state index contributed by atoms with van der Waals surface area (Å²) in [6.45, 7) is 3.35. The third-order valence-corrected chi connectivity index (χ3v) is 3.48. The number of rotatable bonds is 4. The van der Waals surface area contributed by atoms with Crippen LogP contribution in [0.4, 0.5) is 5.69 Å². The van der Waals surface area contributed by atoms with Crippen molar-refractivity contribution in [3.05, 3.63) is 38.9 Å². The molecule has 1 aliphatic heterocycles. The summed E-state index contributed by atoms with van der Waals surface area (Å²) in [4.78, 5) is 12.4. The molecule has 0 aliphatic carbocycles. The third-order valence-electron chi connectivity index (χ3n) is 3.13. The highest BCUT2D eigenvalue weighted by molar-refractivity contribution is 6.31. The van der Waals surface area contributed by atoms with E-state index < -0.39 is 4.92 Å². The molecular weight excluding hydrogens is 305 g/mol. The number of nitro groups is 1. The van der Waals surface area contributed by atoms with Crippen LogP contribution in [0.2, 0.25) is 5.02 Å². The fourth-order valence-electron chi connectivity index (χ4n) is 2.09. The van der Waals surface area contributed by atoms with Gasteiger partial charge in [0.1, 0.15) is 0 Å². The smallest absolute Gasteiger partial charge is 0.270 e. The van der Waals surface area contributed by atoms with Crippen LogP contribution in [0.15, 0.2) is 18.2 Å². The second-order valence-electron chi connectivity index (χ2n) is 4.50. The fourth-order valence-corrected chi connectivity index (χ4v) is 2.32. The molecule has 20 heavy (non-hydrogen) atoms. The Hall–Kier alpha value is -0.920. The summed E-state index contributed by atoms with van der Waals surface area (Å²) in [5, 5.41) is 11.1. The molecule has 1 saturated heterocycles. The molecule has 1 heterocycles. The van der Waals surface area contributed by atoms with E-state index in [2.05, 4.69) is 4.90 Å². The van der Waals surface area contributed by atoms with Crippen LogP contribution in [-0.4, -0.2) is 42.2 Å². The van der Waals surface area contributed by atoms with Crippen LogP contribution in [0.25, 0.3) is 0 Å². The summed E-state index contributed by atoms with van der Waals surface area (Å²) >= 11 is 6.08. The van der Waals surface area contributed by atoms with E-state index in [0.29, 0.717) is 24.7 Å². The molecule has 0 bridgehead atoms. The van der Waals surface area contributed by atoms with Gasteiger partial charge in [0.05, 0.1) is 22.7 Å². The zero-order chi connectivity index (χ0) is 13.8. The Morgan fingerprint density at radius 3 is 2.90 bits per heavy atom. The summed E-state index contributed by atoms with van der Waals surface area (Å²) in [5.41, 5.74) is 6.48. The second kappa shape index (κ2) is 7.75. The highest BCUT2D eigenvalue weighted by Gasteiger charge is 2.20. The van der Waals surface area contributed by atoms with E-state index in [4.69, 9.17) is 22.1 Å². The van der Waals surface area contributed by atoms with Crippen molar-refractivity contribution in [1.29, 1.82) is 0 Å². The molecule has 0 aromatic heterocycles. The van der Waals surface area contributed by atoms with Gasteiger partial charge in [0.15, 0.2) is 0 Å². The number of nitrogens with zero attached hydrogens (tertiary/aromatic N) is 2. The van der Waals surface area contributed by atoms with Crippen molar-refractivity contribution in [3.63, 3.8) is 0 Å². The minimum atomic E-state index is -0.450.